The highest BCUT2D eigenvalue weighted by atomic mass is 15.1. The third-order valence-corrected chi connectivity index (χ3v) is 4.12. The lowest BCUT2D eigenvalue weighted by atomic mass is 10.1. The molecule has 2 rings (SSSR count). The number of benzene rings is 1. The van der Waals surface area contributed by atoms with E-state index in [2.05, 4.69) is 65.7 Å². The van der Waals surface area contributed by atoms with Gasteiger partial charge in [0.15, 0.2) is 0 Å². The first-order valence-corrected chi connectivity index (χ1v) is 8.46. The molecule has 0 saturated carbocycles. The molecule has 114 valence electrons. The monoisotopic (exact) mass is 285 g/mol. The van der Waals surface area contributed by atoms with Gasteiger partial charge in [0.2, 0.25) is 0 Å². The van der Waals surface area contributed by atoms with Crippen LogP contribution in [0.5, 0.6) is 0 Å². The fourth-order valence-electron chi connectivity index (χ4n) is 2.94. The summed E-state index contributed by atoms with van der Waals surface area (Å²) in [7, 11) is 0. The molecule has 0 saturated heterocycles. The minimum absolute atomic E-state index is 1.12. The van der Waals surface area contributed by atoms with E-state index in [1.165, 1.54) is 43.6 Å². The molecule has 21 heavy (non-hydrogen) atoms. The van der Waals surface area contributed by atoms with Crippen LogP contribution in [0.4, 0.5) is 0 Å². The zero-order valence-corrected chi connectivity index (χ0v) is 13.6. The lowest BCUT2D eigenvalue weighted by Crippen LogP contribution is -2.37. The molecule has 2 aromatic rings. The number of imidazole rings is 1. The van der Waals surface area contributed by atoms with Crippen LogP contribution in [0.25, 0.3) is 0 Å². The van der Waals surface area contributed by atoms with E-state index in [9.17, 15) is 0 Å². The van der Waals surface area contributed by atoms with E-state index in [1.54, 1.807) is 0 Å². The Balaban J connectivity index is 1.87. The van der Waals surface area contributed by atoms with Crippen molar-refractivity contribution in [2.45, 2.75) is 65.5 Å². The smallest absolute Gasteiger partial charge is 0.234 e. The molecule has 2 nitrogen and oxygen atoms in total. The third-order valence-electron chi connectivity index (χ3n) is 4.12. The van der Waals surface area contributed by atoms with Crippen molar-refractivity contribution in [1.82, 2.24) is 4.57 Å². The molecule has 0 spiro atoms. The van der Waals surface area contributed by atoms with Gasteiger partial charge in [-0.1, -0.05) is 50.6 Å². The number of aryl methyl sites for hydroxylation is 3. The molecule has 0 amide bonds. The number of hydrogen-bond acceptors (Lipinski definition) is 0. The van der Waals surface area contributed by atoms with E-state index in [4.69, 9.17) is 0 Å². The molecular formula is C19H29N2+. The molecule has 2 heteroatoms. The molecule has 0 aliphatic carbocycles. The summed E-state index contributed by atoms with van der Waals surface area (Å²) in [4.78, 5) is 0. The molecule has 0 fully saturated rings. The van der Waals surface area contributed by atoms with Crippen molar-refractivity contribution < 1.29 is 4.57 Å². The van der Waals surface area contributed by atoms with Crippen molar-refractivity contribution in [3.8, 4) is 0 Å². The Bertz CT molecular complexity index is 514. The van der Waals surface area contributed by atoms with Crippen LogP contribution in [0.2, 0.25) is 0 Å². The summed E-state index contributed by atoms with van der Waals surface area (Å²) in [6, 6.07) is 10.8. The molecule has 0 bridgehead atoms. The van der Waals surface area contributed by atoms with E-state index >= 15 is 0 Å². The Morgan fingerprint density at radius 2 is 1.81 bits per heavy atom. The highest BCUT2D eigenvalue weighted by molar-refractivity contribution is 5.14. The molecule has 0 radical (unpaired) electrons. The Morgan fingerprint density at radius 3 is 2.52 bits per heavy atom. The number of nitrogens with zero attached hydrogens (tertiary/aromatic N) is 2. The van der Waals surface area contributed by atoms with Gasteiger partial charge in [-0.2, -0.15) is 0 Å². The van der Waals surface area contributed by atoms with Crippen LogP contribution in [0.3, 0.4) is 0 Å². The Hall–Kier alpha value is -1.57. The summed E-state index contributed by atoms with van der Waals surface area (Å²) in [5.74, 6) is 1.47. The van der Waals surface area contributed by atoms with Crippen molar-refractivity contribution >= 4 is 0 Å². The molecular weight excluding hydrogens is 256 g/mol. The number of aromatic nitrogens is 2. The molecule has 0 unspecified atom stereocenters. The van der Waals surface area contributed by atoms with Gasteiger partial charge < -0.3 is 0 Å². The summed E-state index contributed by atoms with van der Waals surface area (Å²) >= 11 is 0. The van der Waals surface area contributed by atoms with Crippen LogP contribution in [-0.4, -0.2) is 4.57 Å². The summed E-state index contributed by atoms with van der Waals surface area (Å²) in [6.45, 7) is 6.82. The summed E-state index contributed by atoms with van der Waals surface area (Å²) in [5.41, 5.74) is 1.44. The minimum atomic E-state index is 1.12. The average Bonchev–Trinajstić information content (AvgIpc) is 2.91. The Morgan fingerprint density at radius 1 is 1.00 bits per heavy atom. The van der Waals surface area contributed by atoms with Crippen LogP contribution in [0, 0.1) is 0 Å². The highest BCUT2D eigenvalue weighted by Crippen LogP contribution is 2.05. The maximum atomic E-state index is 2.44. The zero-order chi connectivity index (χ0) is 14.9. The first kappa shape index (κ1) is 15.8. The second-order valence-electron chi connectivity index (χ2n) is 5.75. The van der Waals surface area contributed by atoms with Crippen molar-refractivity contribution in [1.29, 1.82) is 0 Å². The molecule has 1 aromatic heterocycles. The predicted molar refractivity (Wildman–Crippen MR) is 88.3 cm³/mol. The van der Waals surface area contributed by atoms with Gasteiger partial charge >= 0.3 is 0 Å². The Kier molecular flexibility index (Phi) is 6.52. The maximum absolute atomic E-state index is 2.44. The zero-order valence-electron chi connectivity index (χ0n) is 13.6. The van der Waals surface area contributed by atoms with E-state index in [-0.39, 0.29) is 0 Å². The van der Waals surface area contributed by atoms with E-state index in [0.717, 1.165) is 19.4 Å². The summed E-state index contributed by atoms with van der Waals surface area (Å²) in [5, 5.41) is 0. The average molecular weight is 285 g/mol. The van der Waals surface area contributed by atoms with Crippen LogP contribution in [0.1, 0.15) is 50.9 Å². The molecule has 0 aliphatic heterocycles. The van der Waals surface area contributed by atoms with Gasteiger partial charge in [-0.15, -0.1) is 0 Å². The fraction of sp³-hybridized carbons (Fsp3) is 0.526. The van der Waals surface area contributed by atoms with Crippen LogP contribution >= 0.6 is 0 Å². The maximum Gasteiger partial charge on any atom is 0.256 e. The fourth-order valence-corrected chi connectivity index (χ4v) is 2.94. The van der Waals surface area contributed by atoms with Gasteiger partial charge in [-0.3, -0.25) is 0 Å². The normalized spacial score (nSPS) is 11.0. The topological polar surface area (TPSA) is 8.81 Å². The quantitative estimate of drug-likeness (QED) is 0.483. The standard InChI is InChI=1S/C19H29N2/c1-3-5-9-14-20-16-17-21(19(20)4-2)15-10-13-18-11-7-6-8-12-18/h6-8,11-12,16-17H,3-5,9-10,13-15H2,1-2H3/q+1. The van der Waals surface area contributed by atoms with Gasteiger partial charge in [-0.05, 0) is 31.2 Å². The van der Waals surface area contributed by atoms with Crippen LogP contribution in [0.15, 0.2) is 42.7 Å². The van der Waals surface area contributed by atoms with Crippen LogP contribution in [-0.2, 0) is 25.9 Å². The van der Waals surface area contributed by atoms with Gasteiger partial charge in [-0.25, -0.2) is 9.13 Å². The first-order chi connectivity index (χ1) is 10.3. The van der Waals surface area contributed by atoms with E-state index < -0.39 is 0 Å². The second-order valence-corrected chi connectivity index (χ2v) is 5.75. The summed E-state index contributed by atoms with van der Waals surface area (Å²) < 4.78 is 4.88. The van der Waals surface area contributed by atoms with Crippen LogP contribution < -0.4 is 4.57 Å². The van der Waals surface area contributed by atoms with Crippen molar-refractivity contribution in [2.24, 2.45) is 0 Å². The Labute approximate surface area is 129 Å². The van der Waals surface area contributed by atoms with Crippen molar-refractivity contribution in [2.75, 3.05) is 0 Å². The third kappa shape index (κ3) is 4.73. The summed E-state index contributed by atoms with van der Waals surface area (Å²) in [6.07, 6.45) is 11.9. The first-order valence-electron chi connectivity index (χ1n) is 8.46. The molecule has 0 aliphatic rings. The predicted octanol–water partition coefficient (Wildman–Crippen LogP) is 4.16. The minimum Gasteiger partial charge on any atom is -0.234 e. The SMILES string of the molecule is CCCCCn1cc[n+](CCCc2ccccc2)c1CC. The molecule has 0 N–H and O–H groups in total. The van der Waals surface area contributed by atoms with Gasteiger partial charge in [0.05, 0.1) is 13.1 Å². The van der Waals surface area contributed by atoms with Gasteiger partial charge in [0, 0.05) is 6.42 Å². The largest absolute Gasteiger partial charge is 0.256 e. The van der Waals surface area contributed by atoms with Gasteiger partial charge in [0.1, 0.15) is 12.4 Å². The highest BCUT2D eigenvalue weighted by Gasteiger charge is 2.14. The van der Waals surface area contributed by atoms with Gasteiger partial charge in [0.25, 0.3) is 5.82 Å². The lowest BCUT2D eigenvalue weighted by molar-refractivity contribution is -0.704. The molecule has 1 heterocycles. The molecule has 1 aromatic carbocycles. The van der Waals surface area contributed by atoms with E-state index in [1.807, 2.05) is 0 Å². The number of hydrogen-bond donors (Lipinski definition) is 0. The second kappa shape index (κ2) is 8.66. The molecule has 0 atom stereocenters. The van der Waals surface area contributed by atoms with Crippen molar-refractivity contribution in [3.05, 3.63) is 54.1 Å². The lowest BCUT2D eigenvalue weighted by Gasteiger charge is -2.04. The van der Waals surface area contributed by atoms with E-state index in [0.29, 0.717) is 0 Å². The number of rotatable bonds is 9. The number of unbranched alkanes of at least 4 members (excludes halogenated alkanes) is 2. The van der Waals surface area contributed by atoms with Crippen molar-refractivity contribution in [3.63, 3.8) is 0 Å².